The van der Waals surface area contributed by atoms with Gasteiger partial charge in [0.05, 0.1) is 13.2 Å². The third-order valence-electron chi connectivity index (χ3n) is 3.60. The highest BCUT2D eigenvalue weighted by Crippen LogP contribution is 2.32. The summed E-state index contributed by atoms with van der Waals surface area (Å²) in [5.74, 6) is -0.282. The van der Waals surface area contributed by atoms with E-state index in [-0.39, 0.29) is 18.5 Å². The Morgan fingerprint density at radius 2 is 2.33 bits per heavy atom. The molecule has 1 aliphatic heterocycles. The minimum atomic E-state index is -0.474. The van der Waals surface area contributed by atoms with Crippen molar-refractivity contribution < 1.29 is 14.3 Å². The van der Waals surface area contributed by atoms with E-state index >= 15 is 0 Å². The predicted octanol–water partition coefficient (Wildman–Crippen LogP) is 1.14. The highest BCUT2D eigenvalue weighted by Gasteiger charge is 2.26. The topological polar surface area (TPSA) is 70.7 Å². The largest absolute Gasteiger partial charge is 0.383 e. The van der Waals surface area contributed by atoms with Gasteiger partial charge < -0.3 is 10.1 Å². The number of nitrogens with one attached hydrogen (secondary N) is 2. The fourth-order valence-corrected chi connectivity index (χ4v) is 3.40. The normalized spacial score (nSPS) is 18.1. The molecule has 0 saturated carbocycles. The number of imide groups is 1. The second-order valence-corrected chi connectivity index (χ2v) is 5.99. The number of carbonyl (C=O) groups excluding carboxylic acids is 2. The maximum atomic E-state index is 11.9. The minimum Gasteiger partial charge on any atom is -0.383 e. The quantitative estimate of drug-likeness (QED) is 0.800. The fraction of sp³-hybridized carbons (Fsp3) is 0.571. The van der Waals surface area contributed by atoms with Crippen LogP contribution in [0.15, 0.2) is 11.4 Å². The second kappa shape index (κ2) is 7.53. The molecule has 0 saturated heterocycles. The lowest BCUT2D eigenvalue weighted by molar-refractivity contribution is -0.121. The molecule has 1 aromatic heterocycles. The van der Waals surface area contributed by atoms with Crippen molar-refractivity contribution in [3.63, 3.8) is 0 Å². The van der Waals surface area contributed by atoms with Crippen LogP contribution in [0.1, 0.15) is 23.4 Å². The number of nitrogens with zero attached hydrogens (tertiary/aromatic N) is 1. The van der Waals surface area contributed by atoms with Crippen LogP contribution < -0.4 is 10.6 Å². The summed E-state index contributed by atoms with van der Waals surface area (Å²) in [6, 6.07) is 1.85. The first kappa shape index (κ1) is 15.9. The van der Waals surface area contributed by atoms with Crippen LogP contribution in [0.4, 0.5) is 4.79 Å². The first-order valence-corrected chi connectivity index (χ1v) is 7.86. The Morgan fingerprint density at radius 1 is 1.52 bits per heavy atom. The van der Waals surface area contributed by atoms with Crippen molar-refractivity contribution in [1.82, 2.24) is 15.5 Å². The monoisotopic (exact) mass is 311 g/mol. The van der Waals surface area contributed by atoms with Gasteiger partial charge in [-0.25, -0.2) is 4.79 Å². The van der Waals surface area contributed by atoms with Crippen LogP contribution in [0.25, 0.3) is 0 Å². The Hall–Kier alpha value is -1.44. The Balaban J connectivity index is 1.79. The van der Waals surface area contributed by atoms with Gasteiger partial charge in [0, 0.05) is 31.1 Å². The number of thiophene rings is 1. The first-order valence-electron chi connectivity index (χ1n) is 6.98. The summed E-state index contributed by atoms with van der Waals surface area (Å²) in [6.07, 6.45) is 0.963. The molecular formula is C14H21N3O3S. The summed E-state index contributed by atoms with van der Waals surface area (Å²) >= 11 is 1.77. The lowest BCUT2D eigenvalue weighted by Crippen LogP contribution is -2.46. The average molecular weight is 311 g/mol. The molecule has 21 heavy (non-hydrogen) atoms. The molecule has 6 nitrogen and oxygen atoms in total. The molecule has 3 amide bonds. The maximum absolute atomic E-state index is 11.9. The molecule has 2 rings (SSSR count). The number of amides is 3. The molecule has 2 heterocycles. The molecule has 0 fully saturated rings. The minimum absolute atomic E-state index is 0.210. The van der Waals surface area contributed by atoms with Crippen molar-refractivity contribution >= 4 is 23.3 Å². The molecule has 2 N–H and O–H groups in total. The lowest BCUT2D eigenvalue weighted by atomic mass is 10.0. The highest BCUT2D eigenvalue weighted by atomic mass is 32.1. The molecule has 116 valence electrons. The Morgan fingerprint density at radius 3 is 3.10 bits per heavy atom. The average Bonchev–Trinajstić information content (AvgIpc) is 2.91. The summed E-state index contributed by atoms with van der Waals surface area (Å²) in [5.41, 5.74) is 1.29. The van der Waals surface area contributed by atoms with Crippen molar-refractivity contribution in [2.24, 2.45) is 0 Å². The number of methoxy groups -OCH3 is 1. The molecule has 0 aliphatic carbocycles. The number of carbonyl (C=O) groups is 2. The van der Waals surface area contributed by atoms with Gasteiger partial charge >= 0.3 is 6.03 Å². The molecule has 0 radical (unpaired) electrons. The molecule has 7 heteroatoms. The van der Waals surface area contributed by atoms with Crippen molar-refractivity contribution in [3.8, 4) is 0 Å². The van der Waals surface area contributed by atoms with Gasteiger partial charge in [-0.2, -0.15) is 0 Å². The standard InChI is InChI=1S/C14H21N3O3S/c1-10-11-4-8-21-12(11)3-6-17(10)9-13(18)16-14(19)15-5-7-20-2/h4,8,10H,3,5-7,9H2,1-2H3,(H2,15,16,18,19). The van der Waals surface area contributed by atoms with E-state index < -0.39 is 6.03 Å². The summed E-state index contributed by atoms with van der Waals surface area (Å²) < 4.78 is 4.82. The van der Waals surface area contributed by atoms with E-state index in [1.807, 2.05) is 0 Å². The van der Waals surface area contributed by atoms with Crippen LogP contribution in [-0.2, 0) is 16.0 Å². The van der Waals surface area contributed by atoms with Gasteiger partial charge in [-0.05, 0) is 30.4 Å². The SMILES string of the molecule is COCCNC(=O)NC(=O)CN1CCc2sccc2C1C. The second-order valence-electron chi connectivity index (χ2n) is 4.99. The number of ether oxygens (including phenoxy) is 1. The number of urea groups is 1. The van der Waals surface area contributed by atoms with Crippen LogP contribution in [0.5, 0.6) is 0 Å². The lowest BCUT2D eigenvalue weighted by Gasteiger charge is -2.32. The van der Waals surface area contributed by atoms with Crippen LogP contribution in [0.2, 0.25) is 0 Å². The summed E-state index contributed by atoms with van der Waals surface area (Å²) in [5, 5.41) is 6.99. The zero-order valence-corrected chi connectivity index (χ0v) is 13.2. The van der Waals surface area contributed by atoms with Crippen molar-refractivity contribution in [2.45, 2.75) is 19.4 Å². The van der Waals surface area contributed by atoms with Gasteiger partial charge in [-0.15, -0.1) is 11.3 Å². The molecule has 0 bridgehead atoms. The van der Waals surface area contributed by atoms with E-state index in [0.717, 1.165) is 13.0 Å². The van der Waals surface area contributed by atoms with Crippen LogP contribution in [0, 0.1) is 0 Å². The van der Waals surface area contributed by atoms with Gasteiger partial charge in [0.2, 0.25) is 5.91 Å². The van der Waals surface area contributed by atoms with Crippen LogP contribution in [0.3, 0.4) is 0 Å². The van der Waals surface area contributed by atoms with E-state index in [4.69, 9.17) is 4.74 Å². The van der Waals surface area contributed by atoms with Gasteiger partial charge in [0.1, 0.15) is 0 Å². The first-order chi connectivity index (χ1) is 10.1. The molecular weight excluding hydrogens is 290 g/mol. The van der Waals surface area contributed by atoms with Gasteiger partial charge in [-0.1, -0.05) is 0 Å². The number of hydrogen-bond donors (Lipinski definition) is 2. The summed E-state index contributed by atoms with van der Waals surface area (Å²) in [4.78, 5) is 26.9. The van der Waals surface area contributed by atoms with Gasteiger partial charge in [-0.3, -0.25) is 15.0 Å². The van der Waals surface area contributed by atoms with Crippen molar-refractivity contribution in [2.75, 3.05) is 33.4 Å². The third-order valence-corrected chi connectivity index (χ3v) is 4.59. The molecule has 1 aliphatic rings. The molecule has 0 spiro atoms. The van der Waals surface area contributed by atoms with E-state index in [0.29, 0.717) is 13.2 Å². The highest BCUT2D eigenvalue weighted by molar-refractivity contribution is 7.10. The van der Waals surface area contributed by atoms with Crippen molar-refractivity contribution in [3.05, 3.63) is 21.9 Å². The third kappa shape index (κ3) is 4.26. The maximum Gasteiger partial charge on any atom is 0.321 e. The Kier molecular flexibility index (Phi) is 5.72. The Bertz CT molecular complexity index is 503. The zero-order chi connectivity index (χ0) is 15.2. The summed E-state index contributed by atoms with van der Waals surface area (Å²) in [7, 11) is 1.56. The van der Waals surface area contributed by atoms with E-state index in [1.165, 1.54) is 10.4 Å². The van der Waals surface area contributed by atoms with Crippen molar-refractivity contribution in [1.29, 1.82) is 0 Å². The molecule has 1 atom stereocenters. The molecule has 0 aromatic carbocycles. The number of rotatable bonds is 5. The summed E-state index contributed by atoms with van der Waals surface area (Å²) in [6.45, 7) is 3.97. The van der Waals surface area contributed by atoms with Gasteiger partial charge in [0.25, 0.3) is 0 Å². The van der Waals surface area contributed by atoms with Crippen LogP contribution >= 0.6 is 11.3 Å². The Labute approximate surface area is 128 Å². The predicted molar refractivity (Wildman–Crippen MR) is 81.4 cm³/mol. The van der Waals surface area contributed by atoms with E-state index in [1.54, 1.807) is 18.4 Å². The smallest absolute Gasteiger partial charge is 0.321 e. The molecule has 1 unspecified atom stereocenters. The fourth-order valence-electron chi connectivity index (χ4n) is 2.44. The zero-order valence-electron chi connectivity index (χ0n) is 12.3. The van der Waals surface area contributed by atoms with E-state index in [2.05, 4.69) is 33.9 Å². The molecule has 1 aromatic rings. The number of hydrogen-bond acceptors (Lipinski definition) is 5. The van der Waals surface area contributed by atoms with E-state index in [9.17, 15) is 9.59 Å². The number of fused-ring (bicyclic) bond motifs is 1. The van der Waals surface area contributed by atoms with Crippen LogP contribution in [-0.4, -0.2) is 50.2 Å². The van der Waals surface area contributed by atoms with Gasteiger partial charge in [0.15, 0.2) is 0 Å².